The molecule has 186 valence electrons. The van der Waals surface area contributed by atoms with Gasteiger partial charge in [0.2, 0.25) is 0 Å². The molecule has 0 saturated carbocycles. The van der Waals surface area contributed by atoms with Crippen LogP contribution in [0.1, 0.15) is 24.5 Å². The van der Waals surface area contributed by atoms with Crippen LogP contribution in [0.25, 0.3) is 11.1 Å². The molecule has 0 N–H and O–H groups in total. The lowest BCUT2D eigenvalue weighted by Gasteiger charge is -2.26. The van der Waals surface area contributed by atoms with Gasteiger partial charge in [-0.25, -0.2) is 0 Å². The Morgan fingerprint density at radius 3 is 2.20 bits per heavy atom. The zero-order chi connectivity index (χ0) is 24.3. The molecule has 1 aliphatic heterocycles. The van der Waals surface area contributed by atoms with E-state index in [-0.39, 0.29) is 0 Å². The summed E-state index contributed by atoms with van der Waals surface area (Å²) in [6.45, 7) is 10.4. The van der Waals surface area contributed by atoms with Crippen LogP contribution in [-0.4, -0.2) is 57.6 Å². The van der Waals surface area contributed by atoms with Crippen molar-refractivity contribution in [1.29, 1.82) is 0 Å². The molecule has 4 rings (SSSR count). The quantitative estimate of drug-likeness (QED) is 0.311. The second kappa shape index (κ2) is 13.2. The second-order valence-electron chi connectivity index (χ2n) is 8.91. The molecule has 1 aliphatic rings. The fourth-order valence-electron chi connectivity index (χ4n) is 4.19. The first kappa shape index (κ1) is 25.1. The third kappa shape index (κ3) is 7.74. The molecule has 0 aromatic heterocycles. The van der Waals surface area contributed by atoms with Crippen molar-refractivity contribution < 1.29 is 18.9 Å². The minimum absolute atomic E-state index is 0.475. The average Bonchev–Trinajstić information content (AvgIpc) is 2.89. The molecule has 3 aromatic carbocycles. The van der Waals surface area contributed by atoms with Crippen LogP contribution in [-0.2, 0) is 11.2 Å². The van der Waals surface area contributed by atoms with E-state index in [4.69, 9.17) is 18.9 Å². The first-order chi connectivity index (χ1) is 17.2. The largest absolute Gasteiger partial charge is 0.492 e. The number of hydrogen-bond donors (Lipinski definition) is 0. The highest BCUT2D eigenvalue weighted by atomic mass is 16.5. The molecule has 0 unspecified atom stereocenters. The molecule has 0 spiro atoms. The van der Waals surface area contributed by atoms with Crippen molar-refractivity contribution in [1.82, 2.24) is 4.90 Å². The van der Waals surface area contributed by atoms with Crippen molar-refractivity contribution in [2.24, 2.45) is 0 Å². The van der Waals surface area contributed by atoms with E-state index in [1.54, 1.807) is 0 Å². The van der Waals surface area contributed by atoms with Gasteiger partial charge in [-0.05, 0) is 54.3 Å². The number of rotatable bonds is 12. The van der Waals surface area contributed by atoms with Gasteiger partial charge in [-0.3, -0.25) is 4.90 Å². The first-order valence-corrected chi connectivity index (χ1v) is 12.7. The van der Waals surface area contributed by atoms with Crippen LogP contribution in [0, 0.1) is 6.92 Å². The highest BCUT2D eigenvalue weighted by molar-refractivity contribution is 5.66. The van der Waals surface area contributed by atoms with Gasteiger partial charge in [0.25, 0.3) is 0 Å². The predicted octanol–water partition coefficient (Wildman–Crippen LogP) is 5.78. The first-order valence-electron chi connectivity index (χ1n) is 12.7. The predicted molar refractivity (Wildman–Crippen MR) is 141 cm³/mol. The minimum atomic E-state index is 0.475. The number of morpholine rings is 1. The normalized spacial score (nSPS) is 14.0. The molecular formula is C30H37NO4. The van der Waals surface area contributed by atoms with Gasteiger partial charge in [0.15, 0.2) is 0 Å². The van der Waals surface area contributed by atoms with E-state index in [1.165, 1.54) is 22.3 Å². The number of nitrogens with zero attached hydrogens (tertiary/aromatic N) is 1. The molecule has 3 aromatic rings. The zero-order valence-electron chi connectivity index (χ0n) is 21.0. The van der Waals surface area contributed by atoms with Crippen molar-refractivity contribution in [3.05, 3.63) is 77.9 Å². The molecule has 5 heteroatoms. The zero-order valence-corrected chi connectivity index (χ0v) is 21.0. The number of aryl methyl sites for hydroxylation is 2. The van der Waals surface area contributed by atoms with E-state index >= 15 is 0 Å². The minimum Gasteiger partial charge on any atom is -0.492 e. The van der Waals surface area contributed by atoms with Crippen LogP contribution in [0.2, 0.25) is 0 Å². The fourth-order valence-corrected chi connectivity index (χ4v) is 4.19. The Hall–Kier alpha value is -3.02. The summed E-state index contributed by atoms with van der Waals surface area (Å²) in [5, 5.41) is 0. The van der Waals surface area contributed by atoms with E-state index in [9.17, 15) is 0 Å². The van der Waals surface area contributed by atoms with Crippen LogP contribution >= 0.6 is 0 Å². The van der Waals surface area contributed by atoms with Crippen molar-refractivity contribution in [2.45, 2.75) is 26.7 Å². The smallest absolute Gasteiger partial charge is 0.123 e. The molecule has 35 heavy (non-hydrogen) atoms. The summed E-state index contributed by atoms with van der Waals surface area (Å²) in [6, 6.07) is 23.0. The topological polar surface area (TPSA) is 40.2 Å². The number of benzene rings is 3. The standard InChI is InChI=1S/C30H37NO4/c1-3-5-27-22-26(25-10-8-24(2)9-11-25)12-13-30(27)35-21-20-34-29-7-4-6-28(23-29)33-19-16-31-14-17-32-18-15-31/h4,6-13,22-23H,3,5,14-21H2,1-2H3. The maximum atomic E-state index is 6.11. The Balaban J connectivity index is 1.25. The summed E-state index contributed by atoms with van der Waals surface area (Å²) in [6.07, 6.45) is 2.06. The highest BCUT2D eigenvalue weighted by Crippen LogP contribution is 2.28. The number of ether oxygens (including phenoxy) is 4. The van der Waals surface area contributed by atoms with Gasteiger partial charge < -0.3 is 18.9 Å². The average molecular weight is 476 g/mol. The summed E-state index contributed by atoms with van der Waals surface area (Å²) in [4.78, 5) is 2.36. The molecule has 0 bridgehead atoms. The van der Waals surface area contributed by atoms with Crippen molar-refractivity contribution in [3.8, 4) is 28.4 Å². The Kier molecular flexibility index (Phi) is 9.44. The van der Waals surface area contributed by atoms with Crippen molar-refractivity contribution in [3.63, 3.8) is 0 Å². The summed E-state index contributed by atoms with van der Waals surface area (Å²) in [5.74, 6) is 2.56. The van der Waals surface area contributed by atoms with Gasteiger partial charge in [-0.2, -0.15) is 0 Å². The molecule has 0 atom stereocenters. The van der Waals surface area contributed by atoms with Gasteiger partial charge in [0, 0.05) is 25.7 Å². The van der Waals surface area contributed by atoms with Gasteiger partial charge in [-0.1, -0.05) is 55.3 Å². The van der Waals surface area contributed by atoms with Crippen LogP contribution < -0.4 is 14.2 Å². The fraction of sp³-hybridized carbons (Fsp3) is 0.400. The molecule has 1 heterocycles. The van der Waals surface area contributed by atoms with E-state index in [0.29, 0.717) is 19.8 Å². The van der Waals surface area contributed by atoms with Crippen molar-refractivity contribution in [2.75, 3.05) is 52.7 Å². The monoisotopic (exact) mass is 475 g/mol. The summed E-state index contributed by atoms with van der Waals surface area (Å²) in [7, 11) is 0. The SMILES string of the molecule is CCCc1cc(-c2ccc(C)cc2)ccc1OCCOc1cccc(OCCN2CCOCC2)c1. The van der Waals surface area contributed by atoms with Crippen LogP contribution in [0.5, 0.6) is 17.2 Å². The van der Waals surface area contributed by atoms with Crippen molar-refractivity contribution >= 4 is 0 Å². The highest BCUT2D eigenvalue weighted by Gasteiger charge is 2.10. The molecular weight excluding hydrogens is 438 g/mol. The maximum Gasteiger partial charge on any atom is 0.123 e. The molecule has 1 saturated heterocycles. The summed E-state index contributed by atoms with van der Waals surface area (Å²) in [5.41, 5.74) is 4.96. The molecule has 0 radical (unpaired) electrons. The Bertz CT molecular complexity index is 1040. The maximum absolute atomic E-state index is 6.11. The van der Waals surface area contributed by atoms with Gasteiger partial charge >= 0.3 is 0 Å². The molecule has 0 aliphatic carbocycles. The second-order valence-corrected chi connectivity index (χ2v) is 8.91. The van der Waals surface area contributed by atoms with E-state index in [2.05, 4.69) is 61.2 Å². The van der Waals surface area contributed by atoms with Gasteiger partial charge in [0.1, 0.15) is 37.1 Å². The Morgan fingerprint density at radius 1 is 0.771 bits per heavy atom. The Labute approximate surface area is 209 Å². The van der Waals surface area contributed by atoms with E-state index in [0.717, 1.165) is 62.9 Å². The summed E-state index contributed by atoms with van der Waals surface area (Å²) >= 11 is 0. The van der Waals surface area contributed by atoms with Crippen LogP contribution in [0.4, 0.5) is 0 Å². The third-order valence-corrected chi connectivity index (χ3v) is 6.16. The van der Waals surface area contributed by atoms with Crippen LogP contribution in [0.15, 0.2) is 66.7 Å². The lowest BCUT2D eigenvalue weighted by atomic mass is 9.99. The van der Waals surface area contributed by atoms with E-state index in [1.807, 2.05) is 24.3 Å². The molecule has 5 nitrogen and oxygen atoms in total. The lowest BCUT2D eigenvalue weighted by molar-refractivity contribution is 0.0322. The molecule has 0 amide bonds. The van der Waals surface area contributed by atoms with E-state index < -0.39 is 0 Å². The van der Waals surface area contributed by atoms with Gasteiger partial charge in [0.05, 0.1) is 13.2 Å². The molecule has 1 fully saturated rings. The lowest BCUT2D eigenvalue weighted by Crippen LogP contribution is -2.38. The summed E-state index contributed by atoms with van der Waals surface area (Å²) < 4.78 is 23.4. The van der Waals surface area contributed by atoms with Gasteiger partial charge in [-0.15, -0.1) is 0 Å². The van der Waals surface area contributed by atoms with Crippen LogP contribution in [0.3, 0.4) is 0 Å². The Morgan fingerprint density at radius 2 is 1.46 bits per heavy atom. The number of hydrogen-bond acceptors (Lipinski definition) is 5. The third-order valence-electron chi connectivity index (χ3n) is 6.16.